The fourth-order valence-corrected chi connectivity index (χ4v) is 2.48. The van der Waals surface area contributed by atoms with Crippen molar-refractivity contribution in [2.24, 2.45) is 0 Å². The summed E-state index contributed by atoms with van der Waals surface area (Å²) in [7, 11) is 0. The van der Waals surface area contributed by atoms with Crippen LogP contribution in [0.2, 0.25) is 0 Å². The SMILES string of the molecule is Oc1cc2c(cc1C1CCNC1)COC2. The molecule has 3 rings (SSSR count). The molecule has 2 N–H and O–H groups in total. The van der Waals surface area contributed by atoms with Crippen molar-refractivity contribution in [3.8, 4) is 5.75 Å². The van der Waals surface area contributed by atoms with Crippen molar-refractivity contribution < 1.29 is 9.84 Å². The molecule has 0 bridgehead atoms. The topological polar surface area (TPSA) is 41.5 Å². The van der Waals surface area contributed by atoms with Gasteiger partial charge in [0, 0.05) is 12.5 Å². The number of hydrogen-bond acceptors (Lipinski definition) is 3. The number of ether oxygens (including phenoxy) is 1. The summed E-state index contributed by atoms with van der Waals surface area (Å²) in [6.45, 7) is 3.37. The van der Waals surface area contributed by atoms with Crippen molar-refractivity contribution in [1.82, 2.24) is 5.32 Å². The minimum atomic E-state index is 0.438. The van der Waals surface area contributed by atoms with Crippen molar-refractivity contribution in [3.63, 3.8) is 0 Å². The Bertz CT molecular complexity index is 383. The van der Waals surface area contributed by atoms with E-state index in [4.69, 9.17) is 4.74 Å². The summed E-state index contributed by atoms with van der Waals surface area (Å²) >= 11 is 0. The van der Waals surface area contributed by atoms with Crippen LogP contribution in [0.3, 0.4) is 0 Å². The molecule has 0 aromatic heterocycles. The van der Waals surface area contributed by atoms with E-state index in [-0.39, 0.29) is 0 Å². The molecule has 2 aliphatic heterocycles. The van der Waals surface area contributed by atoms with Gasteiger partial charge in [0.2, 0.25) is 0 Å². The summed E-state index contributed by atoms with van der Waals surface area (Å²) in [4.78, 5) is 0. The zero-order valence-electron chi connectivity index (χ0n) is 8.62. The van der Waals surface area contributed by atoms with Gasteiger partial charge in [-0.25, -0.2) is 0 Å². The van der Waals surface area contributed by atoms with Gasteiger partial charge in [-0.2, -0.15) is 0 Å². The number of phenols is 1. The van der Waals surface area contributed by atoms with Crippen molar-refractivity contribution in [1.29, 1.82) is 0 Å². The first kappa shape index (κ1) is 9.19. The molecule has 0 aliphatic carbocycles. The molecule has 80 valence electrons. The lowest BCUT2D eigenvalue weighted by Crippen LogP contribution is -2.08. The lowest BCUT2D eigenvalue weighted by molar-refractivity contribution is 0.134. The molecule has 1 aromatic carbocycles. The first-order valence-corrected chi connectivity index (χ1v) is 5.48. The van der Waals surface area contributed by atoms with Crippen LogP contribution in [0.15, 0.2) is 12.1 Å². The van der Waals surface area contributed by atoms with Crippen molar-refractivity contribution >= 4 is 0 Å². The Morgan fingerprint density at radius 2 is 2.07 bits per heavy atom. The Balaban J connectivity index is 2.00. The van der Waals surface area contributed by atoms with Crippen molar-refractivity contribution in [2.45, 2.75) is 25.6 Å². The van der Waals surface area contributed by atoms with E-state index < -0.39 is 0 Å². The van der Waals surface area contributed by atoms with Crippen LogP contribution in [-0.4, -0.2) is 18.2 Å². The molecule has 3 nitrogen and oxygen atoms in total. The third kappa shape index (κ3) is 1.52. The molecule has 1 aromatic rings. The summed E-state index contributed by atoms with van der Waals surface area (Å²) in [5.74, 6) is 0.906. The molecule has 1 saturated heterocycles. The Morgan fingerprint density at radius 1 is 1.27 bits per heavy atom. The predicted molar refractivity (Wildman–Crippen MR) is 56.8 cm³/mol. The average molecular weight is 205 g/mol. The molecule has 2 heterocycles. The van der Waals surface area contributed by atoms with Gasteiger partial charge >= 0.3 is 0 Å². The van der Waals surface area contributed by atoms with Crippen LogP contribution in [-0.2, 0) is 18.0 Å². The number of aromatic hydroxyl groups is 1. The molecular formula is C12H15NO2. The smallest absolute Gasteiger partial charge is 0.119 e. The quantitative estimate of drug-likeness (QED) is 0.730. The number of phenolic OH excluding ortho intramolecular Hbond substituents is 1. The van der Waals surface area contributed by atoms with E-state index >= 15 is 0 Å². The maximum Gasteiger partial charge on any atom is 0.119 e. The first-order chi connectivity index (χ1) is 7.34. The summed E-state index contributed by atoms with van der Waals surface area (Å²) < 4.78 is 5.36. The van der Waals surface area contributed by atoms with Crippen molar-refractivity contribution in [3.05, 3.63) is 28.8 Å². The van der Waals surface area contributed by atoms with Crippen LogP contribution in [0, 0.1) is 0 Å². The highest BCUT2D eigenvalue weighted by atomic mass is 16.5. The summed E-state index contributed by atoms with van der Waals surface area (Å²) in [5.41, 5.74) is 3.47. The third-order valence-electron chi connectivity index (χ3n) is 3.36. The number of hydrogen-bond donors (Lipinski definition) is 2. The average Bonchev–Trinajstić information content (AvgIpc) is 2.85. The molecule has 0 amide bonds. The number of nitrogens with one attached hydrogen (secondary N) is 1. The highest BCUT2D eigenvalue weighted by Gasteiger charge is 2.22. The summed E-state index contributed by atoms with van der Waals surface area (Å²) in [6.07, 6.45) is 1.12. The summed E-state index contributed by atoms with van der Waals surface area (Å²) in [5, 5.41) is 13.3. The Labute approximate surface area is 89.1 Å². The zero-order valence-corrected chi connectivity index (χ0v) is 8.62. The van der Waals surface area contributed by atoms with Crippen LogP contribution < -0.4 is 5.32 Å². The maximum atomic E-state index is 9.95. The van der Waals surface area contributed by atoms with E-state index in [9.17, 15) is 5.11 Å². The highest BCUT2D eigenvalue weighted by Crippen LogP contribution is 2.34. The largest absolute Gasteiger partial charge is 0.508 e. The van der Waals surface area contributed by atoms with Gasteiger partial charge < -0.3 is 15.2 Å². The standard InChI is InChI=1S/C12H15NO2/c14-12-4-10-7-15-6-9(10)3-11(12)8-1-2-13-5-8/h3-4,8,13-14H,1-2,5-7H2. The van der Waals surface area contributed by atoms with E-state index in [1.807, 2.05) is 6.07 Å². The van der Waals surface area contributed by atoms with Crippen LogP contribution in [0.25, 0.3) is 0 Å². The number of benzene rings is 1. The van der Waals surface area contributed by atoms with Crippen LogP contribution in [0.1, 0.15) is 29.0 Å². The van der Waals surface area contributed by atoms with Crippen LogP contribution in [0.4, 0.5) is 0 Å². The van der Waals surface area contributed by atoms with Crippen LogP contribution >= 0.6 is 0 Å². The molecule has 2 aliphatic rings. The van der Waals surface area contributed by atoms with Gasteiger partial charge in [-0.1, -0.05) is 0 Å². The highest BCUT2D eigenvalue weighted by molar-refractivity contribution is 5.45. The number of fused-ring (bicyclic) bond motifs is 1. The number of rotatable bonds is 1. The fourth-order valence-electron chi connectivity index (χ4n) is 2.48. The fraction of sp³-hybridized carbons (Fsp3) is 0.500. The molecule has 0 saturated carbocycles. The lowest BCUT2D eigenvalue weighted by Gasteiger charge is -2.12. The lowest BCUT2D eigenvalue weighted by atomic mass is 9.94. The van der Waals surface area contributed by atoms with Gasteiger partial charge in [-0.05, 0) is 41.8 Å². The molecule has 1 fully saturated rings. The van der Waals surface area contributed by atoms with E-state index in [1.54, 1.807) is 0 Å². The monoisotopic (exact) mass is 205 g/mol. The van der Waals surface area contributed by atoms with Crippen molar-refractivity contribution in [2.75, 3.05) is 13.1 Å². The minimum Gasteiger partial charge on any atom is -0.508 e. The Kier molecular flexibility index (Phi) is 2.15. The maximum absolute atomic E-state index is 9.95. The normalized spacial score (nSPS) is 24.4. The van der Waals surface area contributed by atoms with E-state index in [0.29, 0.717) is 24.9 Å². The second-order valence-electron chi connectivity index (χ2n) is 4.36. The molecule has 3 heteroatoms. The van der Waals surface area contributed by atoms with Gasteiger partial charge in [0.1, 0.15) is 5.75 Å². The van der Waals surface area contributed by atoms with Crippen LogP contribution in [0.5, 0.6) is 5.75 Å². The molecular weight excluding hydrogens is 190 g/mol. The van der Waals surface area contributed by atoms with Gasteiger partial charge in [-0.3, -0.25) is 0 Å². The molecule has 1 unspecified atom stereocenters. The van der Waals surface area contributed by atoms with E-state index in [2.05, 4.69) is 11.4 Å². The van der Waals surface area contributed by atoms with Gasteiger partial charge in [0.25, 0.3) is 0 Å². The molecule has 15 heavy (non-hydrogen) atoms. The molecule has 0 spiro atoms. The van der Waals surface area contributed by atoms with Gasteiger partial charge in [0.05, 0.1) is 13.2 Å². The van der Waals surface area contributed by atoms with Gasteiger partial charge in [-0.15, -0.1) is 0 Å². The zero-order chi connectivity index (χ0) is 10.3. The molecule has 0 radical (unpaired) electrons. The third-order valence-corrected chi connectivity index (χ3v) is 3.36. The summed E-state index contributed by atoms with van der Waals surface area (Å²) in [6, 6.07) is 3.99. The van der Waals surface area contributed by atoms with Gasteiger partial charge in [0.15, 0.2) is 0 Å². The minimum absolute atomic E-state index is 0.438. The Hall–Kier alpha value is -1.06. The second-order valence-corrected chi connectivity index (χ2v) is 4.36. The van der Waals surface area contributed by atoms with E-state index in [0.717, 1.165) is 30.6 Å². The molecule has 1 atom stereocenters. The first-order valence-electron chi connectivity index (χ1n) is 5.48. The van der Waals surface area contributed by atoms with E-state index in [1.165, 1.54) is 5.56 Å². The Morgan fingerprint density at radius 3 is 2.80 bits per heavy atom. The predicted octanol–water partition coefficient (Wildman–Crippen LogP) is 1.50. The second kappa shape index (κ2) is 3.51.